The Hall–Kier alpha value is -1.56. The number of methoxy groups -OCH3 is 1. The first-order valence-corrected chi connectivity index (χ1v) is 5.43. The summed E-state index contributed by atoms with van der Waals surface area (Å²) in [6.45, 7) is 0. The van der Waals surface area contributed by atoms with E-state index in [0.29, 0.717) is 12.0 Å². The summed E-state index contributed by atoms with van der Waals surface area (Å²) in [6, 6.07) is 4.46. The van der Waals surface area contributed by atoms with E-state index in [-0.39, 0.29) is 6.04 Å². The third kappa shape index (κ3) is 2.48. The number of alkyl halides is 3. The third-order valence-corrected chi connectivity index (χ3v) is 2.98. The van der Waals surface area contributed by atoms with Crippen LogP contribution in [0.5, 0.6) is 0 Å². The van der Waals surface area contributed by atoms with E-state index in [2.05, 4.69) is 10.1 Å². The minimum Gasteiger partial charge on any atom is -0.468 e. The summed E-state index contributed by atoms with van der Waals surface area (Å²) in [5, 5.41) is 2.88. The number of benzene rings is 1. The molecule has 1 aromatic rings. The molecule has 2 atom stereocenters. The molecule has 0 radical (unpaired) electrons. The largest absolute Gasteiger partial charge is 0.468 e. The van der Waals surface area contributed by atoms with Crippen molar-refractivity contribution < 1.29 is 22.7 Å². The van der Waals surface area contributed by atoms with Crippen LogP contribution < -0.4 is 5.32 Å². The molecule has 1 fully saturated rings. The van der Waals surface area contributed by atoms with Gasteiger partial charge in [0.25, 0.3) is 0 Å². The monoisotopic (exact) mass is 259 g/mol. The van der Waals surface area contributed by atoms with E-state index < -0.39 is 23.8 Å². The average molecular weight is 259 g/mol. The van der Waals surface area contributed by atoms with Crippen LogP contribution >= 0.6 is 0 Å². The van der Waals surface area contributed by atoms with Gasteiger partial charge in [0, 0.05) is 6.04 Å². The number of halogens is 3. The molecule has 1 aliphatic heterocycles. The first-order valence-electron chi connectivity index (χ1n) is 5.43. The summed E-state index contributed by atoms with van der Waals surface area (Å²) in [4.78, 5) is 11.1. The Labute approximate surface area is 102 Å². The van der Waals surface area contributed by atoms with Crippen LogP contribution in [0.15, 0.2) is 24.3 Å². The fourth-order valence-electron chi connectivity index (χ4n) is 1.92. The van der Waals surface area contributed by atoms with Gasteiger partial charge in [0.2, 0.25) is 0 Å². The van der Waals surface area contributed by atoms with Crippen molar-refractivity contribution in [2.45, 2.75) is 24.7 Å². The van der Waals surface area contributed by atoms with Gasteiger partial charge in [-0.05, 0) is 24.1 Å². The van der Waals surface area contributed by atoms with Gasteiger partial charge in [0.05, 0.1) is 12.7 Å². The summed E-state index contributed by atoms with van der Waals surface area (Å²) in [7, 11) is 1.28. The van der Waals surface area contributed by atoms with Crippen molar-refractivity contribution in [3.63, 3.8) is 0 Å². The molecule has 6 heteroatoms. The Morgan fingerprint density at radius 3 is 2.67 bits per heavy atom. The highest BCUT2D eigenvalue weighted by Crippen LogP contribution is 2.34. The van der Waals surface area contributed by atoms with Crippen molar-refractivity contribution in [1.29, 1.82) is 0 Å². The highest BCUT2D eigenvalue weighted by Gasteiger charge is 2.37. The van der Waals surface area contributed by atoms with Gasteiger partial charge in [-0.1, -0.05) is 12.1 Å². The fraction of sp³-hybridized carbons (Fsp3) is 0.417. The molecular formula is C12H12F3NO2. The van der Waals surface area contributed by atoms with E-state index in [9.17, 15) is 18.0 Å². The van der Waals surface area contributed by atoms with Gasteiger partial charge in [-0.15, -0.1) is 0 Å². The van der Waals surface area contributed by atoms with E-state index in [0.717, 1.165) is 12.1 Å². The zero-order chi connectivity index (χ0) is 13.3. The minimum atomic E-state index is -4.35. The molecule has 0 bridgehead atoms. The molecule has 0 saturated carbocycles. The second-order valence-corrected chi connectivity index (χ2v) is 4.15. The predicted molar refractivity (Wildman–Crippen MR) is 57.7 cm³/mol. The van der Waals surface area contributed by atoms with Crippen molar-refractivity contribution >= 4 is 5.97 Å². The normalized spacial score (nSPS) is 23.3. The molecule has 0 amide bonds. The van der Waals surface area contributed by atoms with Gasteiger partial charge >= 0.3 is 12.1 Å². The second kappa shape index (κ2) is 4.61. The molecule has 3 nitrogen and oxygen atoms in total. The quantitative estimate of drug-likeness (QED) is 0.828. The van der Waals surface area contributed by atoms with E-state index in [1.54, 1.807) is 6.07 Å². The summed E-state index contributed by atoms with van der Waals surface area (Å²) < 4.78 is 42.1. The minimum absolute atomic E-state index is 0.226. The zero-order valence-electron chi connectivity index (χ0n) is 9.62. The lowest BCUT2D eigenvalue weighted by Crippen LogP contribution is -2.51. The van der Waals surface area contributed by atoms with Gasteiger partial charge in [-0.2, -0.15) is 13.2 Å². The number of ether oxygens (including phenoxy) is 1. The number of carbonyl (C=O) groups excluding carboxylic acids is 1. The second-order valence-electron chi connectivity index (χ2n) is 4.15. The van der Waals surface area contributed by atoms with Gasteiger partial charge < -0.3 is 4.74 Å². The number of hydrogen-bond donors (Lipinski definition) is 1. The SMILES string of the molecule is COC(=O)C1CC(c2cccc(C(F)(F)F)c2)N1. The van der Waals surface area contributed by atoms with Gasteiger partial charge in [-0.25, -0.2) is 0 Å². The molecule has 1 N–H and O–H groups in total. The predicted octanol–water partition coefficient (Wildman–Crippen LogP) is 2.28. The molecule has 18 heavy (non-hydrogen) atoms. The third-order valence-electron chi connectivity index (χ3n) is 2.98. The summed E-state index contributed by atoms with van der Waals surface area (Å²) >= 11 is 0. The molecule has 2 rings (SSSR count). The van der Waals surface area contributed by atoms with Crippen LogP contribution in [-0.2, 0) is 15.7 Å². The van der Waals surface area contributed by atoms with Crippen molar-refractivity contribution in [3.05, 3.63) is 35.4 Å². The van der Waals surface area contributed by atoms with Crippen molar-refractivity contribution in [2.24, 2.45) is 0 Å². The van der Waals surface area contributed by atoms with Crippen LogP contribution in [0.4, 0.5) is 13.2 Å². The van der Waals surface area contributed by atoms with Crippen LogP contribution in [0.25, 0.3) is 0 Å². The van der Waals surface area contributed by atoms with Crippen LogP contribution in [0.3, 0.4) is 0 Å². The molecule has 98 valence electrons. The Morgan fingerprint density at radius 1 is 1.44 bits per heavy atom. The molecule has 1 saturated heterocycles. The molecule has 1 heterocycles. The topological polar surface area (TPSA) is 38.3 Å². The zero-order valence-corrected chi connectivity index (χ0v) is 9.62. The first kappa shape index (κ1) is 12.9. The van der Waals surface area contributed by atoms with E-state index in [4.69, 9.17) is 0 Å². The van der Waals surface area contributed by atoms with Crippen molar-refractivity contribution in [3.8, 4) is 0 Å². The molecular weight excluding hydrogens is 247 g/mol. The van der Waals surface area contributed by atoms with E-state index in [1.807, 2.05) is 0 Å². The number of nitrogens with one attached hydrogen (secondary N) is 1. The summed E-state index contributed by atoms with van der Waals surface area (Å²) in [6.07, 6.45) is -3.89. The average Bonchev–Trinajstić information content (AvgIpc) is 2.26. The summed E-state index contributed by atoms with van der Waals surface area (Å²) in [5.74, 6) is -0.391. The van der Waals surface area contributed by atoms with Crippen molar-refractivity contribution in [2.75, 3.05) is 7.11 Å². The lowest BCUT2D eigenvalue weighted by molar-refractivity contribution is -0.146. The Kier molecular flexibility index (Phi) is 3.30. The van der Waals surface area contributed by atoms with Crippen molar-refractivity contribution in [1.82, 2.24) is 5.32 Å². The summed E-state index contributed by atoms with van der Waals surface area (Å²) in [5.41, 5.74) is -0.145. The lowest BCUT2D eigenvalue weighted by atomic mass is 9.90. The molecule has 0 spiro atoms. The fourth-order valence-corrected chi connectivity index (χ4v) is 1.92. The van der Waals surface area contributed by atoms with Gasteiger partial charge in [-0.3, -0.25) is 10.1 Å². The number of esters is 1. The van der Waals surface area contributed by atoms with Crippen LogP contribution in [0.2, 0.25) is 0 Å². The maximum absolute atomic E-state index is 12.5. The van der Waals surface area contributed by atoms with Gasteiger partial charge in [0.15, 0.2) is 0 Å². The van der Waals surface area contributed by atoms with E-state index >= 15 is 0 Å². The van der Waals surface area contributed by atoms with Crippen LogP contribution in [0.1, 0.15) is 23.6 Å². The van der Waals surface area contributed by atoms with Crippen LogP contribution in [-0.4, -0.2) is 19.1 Å². The van der Waals surface area contributed by atoms with Gasteiger partial charge in [0.1, 0.15) is 6.04 Å². The van der Waals surface area contributed by atoms with E-state index in [1.165, 1.54) is 13.2 Å². The Bertz CT molecular complexity index is 453. The standard InChI is InChI=1S/C12H12F3NO2/c1-18-11(17)10-6-9(16-10)7-3-2-4-8(5-7)12(13,14)15/h2-5,9-10,16H,6H2,1H3. The van der Waals surface area contributed by atoms with Crippen LogP contribution in [0, 0.1) is 0 Å². The number of rotatable bonds is 2. The maximum atomic E-state index is 12.5. The first-order chi connectivity index (χ1) is 8.41. The molecule has 0 aromatic heterocycles. The highest BCUT2D eigenvalue weighted by molar-refractivity contribution is 5.77. The molecule has 1 aromatic carbocycles. The Balaban J connectivity index is 2.06. The Morgan fingerprint density at radius 2 is 2.11 bits per heavy atom. The lowest BCUT2D eigenvalue weighted by Gasteiger charge is -2.35. The molecule has 2 unspecified atom stereocenters. The maximum Gasteiger partial charge on any atom is 0.416 e. The number of hydrogen-bond acceptors (Lipinski definition) is 3. The molecule has 0 aliphatic carbocycles. The molecule has 1 aliphatic rings. The highest BCUT2D eigenvalue weighted by atomic mass is 19.4. The number of carbonyl (C=O) groups is 1. The smallest absolute Gasteiger partial charge is 0.416 e.